The SMILES string of the molecule is CC(C)(C)OC(=O)N1C[C@H]2C[C@@H]1C(C#N)N2Cc1ccccc1. The number of nitriles is 1. The Kier molecular flexibility index (Phi) is 4.03. The zero-order valence-electron chi connectivity index (χ0n) is 13.9. The minimum atomic E-state index is -0.509. The van der Waals surface area contributed by atoms with Gasteiger partial charge in [-0.05, 0) is 32.8 Å². The van der Waals surface area contributed by atoms with Crippen LogP contribution < -0.4 is 0 Å². The molecule has 2 aliphatic rings. The largest absolute Gasteiger partial charge is 0.444 e. The van der Waals surface area contributed by atoms with Gasteiger partial charge in [0.15, 0.2) is 0 Å². The van der Waals surface area contributed by atoms with E-state index >= 15 is 0 Å². The average Bonchev–Trinajstić information content (AvgIpc) is 3.04. The van der Waals surface area contributed by atoms with Crippen molar-refractivity contribution in [2.75, 3.05) is 6.54 Å². The van der Waals surface area contributed by atoms with E-state index < -0.39 is 5.60 Å². The lowest BCUT2D eigenvalue weighted by Gasteiger charge is -2.38. The van der Waals surface area contributed by atoms with Gasteiger partial charge in [-0.2, -0.15) is 5.26 Å². The zero-order chi connectivity index (χ0) is 16.6. The van der Waals surface area contributed by atoms with E-state index in [4.69, 9.17) is 4.74 Å². The fourth-order valence-corrected chi connectivity index (χ4v) is 3.54. The van der Waals surface area contributed by atoms with E-state index in [1.807, 2.05) is 39.0 Å². The summed E-state index contributed by atoms with van der Waals surface area (Å²) in [5.41, 5.74) is 0.689. The van der Waals surface area contributed by atoms with Gasteiger partial charge in [0, 0.05) is 19.1 Å². The summed E-state index contributed by atoms with van der Waals surface area (Å²) >= 11 is 0. The molecule has 3 rings (SSSR count). The van der Waals surface area contributed by atoms with Crippen molar-refractivity contribution in [3.63, 3.8) is 0 Å². The van der Waals surface area contributed by atoms with Crippen molar-refractivity contribution in [2.24, 2.45) is 0 Å². The molecule has 1 amide bonds. The molecule has 2 heterocycles. The molecule has 5 heteroatoms. The van der Waals surface area contributed by atoms with Crippen LogP contribution in [0.3, 0.4) is 0 Å². The van der Waals surface area contributed by atoms with Gasteiger partial charge in [0.1, 0.15) is 11.6 Å². The van der Waals surface area contributed by atoms with E-state index in [1.54, 1.807) is 4.90 Å². The van der Waals surface area contributed by atoms with Crippen molar-refractivity contribution in [1.82, 2.24) is 9.80 Å². The van der Waals surface area contributed by atoms with Crippen LogP contribution >= 0.6 is 0 Å². The molecule has 122 valence electrons. The summed E-state index contributed by atoms with van der Waals surface area (Å²) in [6.07, 6.45) is 0.550. The molecule has 1 aromatic carbocycles. The molecule has 0 saturated carbocycles. The maximum Gasteiger partial charge on any atom is 0.410 e. The standard InChI is InChI=1S/C18H23N3O2/c1-18(2,3)23-17(22)21-12-14-9-15(21)16(10-19)20(14)11-13-7-5-4-6-8-13/h4-8,14-16H,9,11-12H2,1-3H3/t14-,15-,16?/m1/s1. The molecule has 0 radical (unpaired) electrons. The maximum absolute atomic E-state index is 12.4. The Balaban J connectivity index is 1.71. The first kappa shape index (κ1) is 15.8. The second kappa shape index (κ2) is 5.86. The lowest BCUT2D eigenvalue weighted by atomic mass is 10.1. The number of amides is 1. The minimum Gasteiger partial charge on any atom is -0.444 e. The van der Waals surface area contributed by atoms with Crippen LogP contribution in [0.2, 0.25) is 0 Å². The summed E-state index contributed by atoms with van der Waals surface area (Å²) in [7, 11) is 0. The van der Waals surface area contributed by atoms with E-state index in [-0.39, 0.29) is 24.2 Å². The Bertz CT molecular complexity index is 617. The predicted molar refractivity (Wildman–Crippen MR) is 86.5 cm³/mol. The Hall–Kier alpha value is -2.06. The molecule has 23 heavy (non-hydrogen) atoms. The van der Waals surface area contributed by atoms with Crippen molar-refractivity contribution in [3.8, 4) is 6.07 Å². The number of ether oxygens (including phenoxy) is 1. The number of hydrogen-bond acceptors (Lipinski definition) is 4. The van der Waals surface area contributed by atoms with Crippen LogP contribution in [0.1, 0.15) is 32.8 Å². The van der Waals surface area contributed by atoms with Gasteiger partial charge in [0.05, 0.1) is 12.1 Å². The Morgan fingerprint density at radius 3 is 2.65 bits per heavy atom. The topological polar surface area (TPSA) is 56.6 Å². The molecular weight excluding hydrogens is 290 g/mol. The molecule has 1 unspecified atom stereocenters. The predicted octanol–water partition coefficient (Wildman–Crippen LogP) is 2.77. The van der Waals surface area contributed by atoms with Crippen molar-refractivity contribution < 1.29 is 9.53 Å². The molecule has 0 spiro atoms. The number of benzene rings is 1. The Morgan fingerprint density at radius 1 is 1.35 bits per heavy atom. The van der Waals surface area contributed by atoms with Gasteiger partial charge >= 0.3 is 6.09 Å². The number of carbonyl (C=O) groups is 1. The summed E-state index contributed by atoms with van der Waals surface area (Å²) in [6, 6.07) is 12.5. The number of hydrogen-bond donors (Lipinski definition) is 0. The van der Waals surface area contributed by atoms with E-state index in [9.17, 15) is 10.1 Å². The third kappa shape index (κ3) is 3.18. The lowest BCUT2D eigenvalue weighted by Crippen LogP contribution is -2.54. The smallest absolute Gasteiger partial charge is 0.410 e. The van der Waals surface area contributed by atoms with Crippen molar-refractivity contribution in [3.05, 3.63) is 35.9 Å². The lowest BCUT2D eigenvalue weighted by molar-refractivity contribution is 0.00662. The second-order valence-electron chi connectivity index (χ2n) is 7.32. The second-order valence-corrected chi connectivity index (χ2v) is 7.32. The summed E-state index contributed by atoms with van der Waals surface area (Å²) in [5.74, 6) is 0. The molecule has 2 fully saturated rings. The van der Waals surface area contributed by atoms with Gasteiger partial charge in [-0.1, -0.05) is 30.3 Å². The maximum atomic E-state index is 12.4. The number of likely N-dealkylation sites (tertiary alicyclic amines) is 2. The first-order valence-electron chi connectivity index (χ1n) is 8.08. The highest BCUT2D eigenvalue weighted by Crippen LogP contribution is 2.37. The molecule has 2 aliphatic heterocycles. The van der Waals surface area contributed by atoms with Gasteiger partial charge in [0.2, 0.25) is 0 Å². The van der Waals surface area contributed by atoms with Crippen LogP contribution in [0.25, 0.3) is 0 Å². The number of rotatable bonds is 2. The van der Waals surface area contributed by atoms with Crippen LogP contribution in [0.4, 0.5) is 4.79 Å². The normalized spacial score (nSPS) is 27.0. The number of piperazine rings is 1. The van der Waals surface area contributed by atoms with Crippen molar-refractivity contribution >= 4 is 6.09 Å². The van der Waals surface area contributed by atoms with Crippen molar-refractivity contribution in [2.45, 2.75) is 57.5 Å². The summed E-state index contributed by atoms with van der Waals surface area (Å²) in [5, 5.41) is 9.60. The van der Waals surface area contributed by atoms with Gasteiger partial charge in [-0.15, -0.1) is 0 Å². The minimum absolute atomic E-state index is 0.0661. The number of carbonyl (C=O) groups excluding carboxylic acids is 1. The Labute approximate surface area is 137 Å². The highest BCUT2D eigenvalue weighted by atomic mass is 16.6. The van der Waals surface area contributed by atoms with Gasteiger partial charge in [-0.3, -0.25) is 4.90 Å². The molecule has 5 nitrogen and oxygen atoms in total. The first-order valence-corrected chi connectivity index (χ1v) is 8.08. The van der Waals surface area contributed by atoms with Crippen LogP contribution in [0, 0.1) is 11.3 Å². The highest BCUT2D eigenvalue weighted by Gasteiger charge is 2.52. The number of fused-ring (bicyclic) bond motifs is 2. The molecule has 1 aromatic rings. The van der Waals surface area contributed by atoms with Crippen LogP contribution in [0.5, 0.6) is 0 Å². The third-order valence-electron chi connectivity index (χ3n) is 4.48. The molecule has 0 aliphatic carbocycles. The summed E-state index contributed by atoms with van der Waals surface area (Å²) < 4.78 is 5.48. The summed E-state index contributed by atoms with van der Waals surface area (Å²) in [4.78, 5) is 16.3. The van der Waals surface area contributed by atoms with E-state index in [1.165, 1.54) is 5.56 Å². The fraction of sp³-hybridized carbons (Fsp3) is 0.556. The fourth-order valence-electron chi connectivity index (χ4n) is 3.54. The van der Waals surface area contributed by atoms with Gasteiger partial charge in [0.25, 0.3) is 0 Å². The summed E-state index contributed by atoms with van der Waals surface area (Å²) in [6.45, 7) is 6.99. The van der Waals surface area contributed by atoms with Gasteiger partial charge in [-0.25, -0.2) is 4.79 Å². The van der Waals surface area contributed by atoms with Crippen LogP contribution in [-0.2, 0) is 11.3 Å². The van der Waals surface area contributed by atoms with Crippen LogP contribution in [0.15, 0.2) is 30.3 Å². The molecule has 2 bridgehead atoms. The quantitative estimate of drug-likeness (QED) is 0.842. The van der Waals surface area contributed by atoms with Gasteiger partial charge < -0.3 is 9.64 Å². The molecular formula is C18H23N3O2. The monoisotopic (exact) mass is 313 g/mol. The highest BCUT2D eigenvalue weighted by molar-refractivity contribution is 5.69. The molecule has 3 atom stereocenters. The third-order valence-corrected chi connectivity index (χ3v) is 4.48. The zero-order valence-corrected chi connectivity index (χ0v) is 13.9. The van der Waals surface area contributed by atoms with Crippen LogP contribution in [-0.4, -0.2) is 46.2 Å². The van der Waals surface area contributed by atoms with E-state index in [0.29, 0.717) is 6.54 Å². The van der Waals surface area contributed by atoms with E-state index in [0.717, 1.165) is 13.0 Å². The first-order chi connectivity index (χ1) is 10.9. The Morgan fingerprint density at radius 2 is 2.04 bits per heavy atom. The van der Waals surface area contributed by atoms with Crippen molar-refractivity contribution in [1.29, 1.82) is 5.26 Å². The molecule has 0 N–H and O–H groups in total. The van der Waals surface area contributed by atoms with E-state index in [2.05, 4.69) is 23.1 Å². The molecule has 2 saturated heterocycles. The number of nitrogens with zero attached hydrogens (tertiary/aromatic N) is 3. The average molecular weight is 313 g/mol. The molecule has 0 aromatic heterocycles.